The number of carbonyl (C=O) groups is 1. The van der Waals surface area contributed by atoms with E-state index in [1.165, 1.54) is 4.88 Å². The molecule has 0 saturated carbocycles. The molecule has 2 aromatic rings. The number of halogens is 1. The summed E-state index contributed by atoms with van der Waals surface area (Å²) in [5, 5.41) is 5.66. The molecule has 0 bridgehead atoms. The number of dihydropyridines is 1. The summed E-state index contributed by atoms with van der Waals surface area (Å²) in [5.41, 5.74) is 4.30. The zero-order chi connectivity index (χ0) is 17.6. The van der Waals surface area contributed by atoms with Crippen molar-refractivity contribution in [2.24, 2.45) is 5.41 Å². The van der Waals surface area contributed by atoms with E-state index in [0.29, 0.717) is 6.42 Å². The Hall–Kier alpha value is -1.65. The zero-order valence-corrected chi connectivity index (χ0v) is 16.7. The number of allylic oxidation sites excluding steroid dienone is 3. The van der Waals surface area contributed by atoms with Crippen molar-refractivity contribution in [3.05, 3.63) is 74.0 Å². The number of hydrogen-bond acceptors (Lipinski definition) is 3. The standard InChI is InChI=1S/C21H20BrNOS/c1-21(2)11-17-20(18(24)12-21)15(19-4-3-9-25-19)10-16(23-17)13-5-7-14(22)8-6-13/h3-10,15,23H,11-12H2,1-2H3. The van der Waals surface area contributed by atoms with Gasteiger partial charge in [-0.05, 0) is 47.1 Å². The minimum atomic E-state index is 0.00504. The molecule has 0 amide bonds. The van der Waals surface area contributed by atoms with Crippen LogP contribution in [-0.2, 0) is 4.79 Å². The molecule has 0 spiro atoms. The molecule has 4 rings (SSSR count). The van der Waals surface area contributed by atoms with E-state index in [2.05, 4.69) is 82.9 Å². The molecule has 2 heterocycles. The summed E-state index contributed by atoms with van der Waals surface area (Å²) in [6.45, 7) is 4.35. The van der Waals surface area contributed by atoms with Crippen molar-refractivity contribution in [3.63, 3.8) is 0 Å². The fourth-order valence-electron chi connectivity index (χ4n) is 3.75. The topological polar surface area (TPSA) is 29.1 Å². The Bertz CT molecular complexity index is 875. The molecular weight excluding hydrogens is 394 g/mol. The summed E-state index contributed by atoms with van der Waals surface area (Å²) in [4.78, 5) is 14.1. The van der Waals surface area contributed by atoms with E-state index in [9.17, 15) is 4.79 Å². The molecule has 1 atom stereocenters. The maximum atomic E-state index is 12.9. The summed E-state index contributed by atoms with van der Waals surface area (Å²) < 4.78 is 1.07. The number of nitrogens with one attached hydrogen (secondary N) is 1. The molecule has 1 unspecified atom stereocenters. The minimum absolute atomic E-state index is 0.00504. The van der Waals surface area contributed by atoms with E-state index >= 15 is 0 Å². The molecule has 25 heavy (non-hydrogen) atoms. The summed E-state index contributed by atoms with van der Waals surface area (Å²) in [6.07, 6.45) is 3.74. The maximum Gasteiger partial charge on any atom is 0.162 e. The Labute approximate surface area is 160 Å². The Morgan fingerprint density at radius 3 is 2.60 bits per heavy atom. The van der Waals surface area contributed by atoms with Gasteiger partial charge in [-0.25, -0.2) is 0 Å². The van der Waals surface area contributed by atoms with Crippen LogP contribution >= 0.6 is 27.3 Å². The lowest BCUT2D eigenvalue weighted by Crippen LogP contribution is -2.35. The number of carbonyl (C=O) groups excluding carboxylic acids is 1. The van der Waals surface area contributed by atoms with Crippen LogP contribution in [0, 0.1) is 5.41 Å². The van der Waals surface area contributed by atoms with Gasteiger partial charge in [-0.15, -0.1) is 11.3 Å². The molecular formula is C21H20BrNOS. The summed E-state index contributed by atoms with van der Waals surface area (Å²) in [5.74, 6) is 0.335. The first-order chi connectivity index (χ1) is 11.9. The number of hydrogen-bond donors (Lipinski definition) is 1. The van der Waals surface area contributed by atoms with Crippen LogP contribution in [0.1, 0.15) is 43.0 Å². The molecule has 1 N–H and O–H groups in total. The van der Waals surface area contributed by atoms with Gasteiger partial charge in [0.15, 0.2) is 5.78 Å². The highest BCUT2D eigenvalue weighted by Crippen LogP contribution is 2.45. The predicted octanol–water partition coefficient (Wildman–Crippen LogP) is 5.88. The van der Waals surface area contributed by atoms with Gasteiger partial charge >= 0.3 is 0 Å². The van der Waals surface area contributed by atoms with E-state index in [1.54, 1.807) is 11.3 Å². The number of thiophene rings is 1. The Balaban J connectivity index is 1.81. The van der Waals surface area contributed by atoms with E-state index in [4.69, 9.17) is 0 Å². The second-order valence-electron chi connectivity index (χ2n) is 7.54. The van der Waals surface area contributed by atoms with Gasteiger partial charge in [-0.1, -0.05) is 48.0 Å². The van der Waals surface area contributed by atoms with Gasteiger partial charge in [-0.3, -0.25) is 4.79 Å². The van der Waals surface area contributed by atoms with Crippen LogP contribution < -0.4 is 5.32 Å². The summed E-state index contributed by atoms with van der Waals surface area (Å²) in [6, 6.07) is 12.5. The van der Waals surface area contributed by atoms with Gasteiger partial charge in [0.25, 0.3) is 0 Å². The highest BCUT2D eigenvalue weighted by atomic mass is 79.9. The first-order valence-electron chi connectivity index (χ1n) is 8.47. The average molecular weight is 414 g/mol. The van der Waals surface area contributed by atoms with Crippen molar-refractivity contribution in [1.82, 2.24) is 5.32 Å². The first kappa shape index (κ1) is 16.8. The normalized spacial score (nSPS) is 22.3. The molecule has 1 aliphatic carbocycles. The molecule has 1 aromatic heterocycles. The maximum absolute atomic E-state index is 12.9. The number of rotatable bonds is 2. The largest absolute Gasteiger partial charge is 0.358 e. The Kier molecular flexibility index (Phi) is 4.20. The van der Waals surface area contributed by atoms with E-state index in [0.717, 1.165) is 33.4 Å². The van der Waals surface area contributed by atoms with Gasteiger partial charge in [0.1, 0.15) is 0 Å². The zero-order valence-electron chi connectivity index (χ0n) is 14.3. The smallest absolute Gasteiger partial charge is 0.162 e. The lowest BCUT2D eigenvalue weighted by atomic mass is 9.71. The van der Waals surface area contributed by atoms with Gasteiger partial charge in [-0.2, -0.15) is 0 Å². The van der Waals surface area contributed by atoms with Crippen LogP contribution in [0.2, 0.25) is 0 Å². The fraction of sp³-hybridized carbons (Fsp3) is 0.286. The van der Waals surface area contributed by atoms with Crippen LogP contribution in [0.4, 0.5) is 0 Å². The van der Waals surface area contributed by atoms with E-state index < -0.39 is 0 Å². The SMILES string of the molecule is CC1(C)CC(=O)C2=C(C1)NC(c1ccc(Br)cc1)=CC2c1cccs1. The first-order valence-corrected chi connectivity index (χ1v) is 10.1. The van der Waals surface area contributed by atoms with Gasteiger partial charge in [0.2, 0.25) is 0 Å². The van der Waals surface area contributed by atoms with Crippen LogP contribution in [0.3, 0.4) is 0 Å². The van der Waals surface area contributed by atoms with Crippen molar-refractivity contribution < 1.29 is 4.79 Å². The second-order valence-corrected chi connectivity index (χ2v) is 9.43. The highest BCUT2D eigenvalue weighted by molar-refractivity contribution is 9.10. The molecule has 128 valence electrons. The molecule has 4 heteroatoms. The lowest BCUT2D eigenvalue weighted by Gasteiger charge is -2.37. The third-order valence-corrected chi connectivity index (χ3v) is 6.34. The van der Waals surface area contributed by atoms with Crippen molar-refractivity contribution in [2.75, 3.05) is 0 Å². The molecule has 2 aliphatic rings. The quantitative estimate of drug-likeness (QED) is 0.665. The number of benzene rings is 1. The van der Waals surface area contributed by atoms with Crippen molar-refractivity contribution in [2.45, 2.75) is 32.6 Å². The van der Waals surface area contributed by atoms with Crippen LogP contribution in [0.25, 0.3) is 5.70 Å². The number of ketones is 1. The molecule has 0 saturated heterocycles. The average Bonchev–Trinajstić information content (AvgIpc) is 3.07. The van der Waals surface area contributed by atoms with Gasteiger partial charge in [0.05, 0.1) is 0 Å². The van der Waals surface area contributed by atoms with Crippen LogP contribution in [0.15, 0.2) is 63.6 Å². The predicted molar refractivity (Wildman–Crippen MR) is 107 cm³/mol. The lowest BCUT2D eigenvalue weighted by molar-refractivity contribution is -0.118. The van der Waals surface area contributed by atoms with Gasteiger partial charge < -0.3 is 5.32 Å². The van der Waals surface area contributed by atoms with E-state index in [1.807, 2.05) is 0 Å². The molecule has 0 radical (unpaired) electrons. The molecule has 0 fully saturated rings. The van der Waals surface area contributed by atoms with Crippen molar-refractivity contribution >= 4 is 38.7 Å². The second kappa shape index (κ2) is 6.26. The third-order valence-electron chi connectivity index (χ3n) is 4.85. The highest BCUT2D eigenvalue weighted by Gasteiger charge is 2.38. The summed E-state index contributed by atoms with van der Waals surface area (Å²) in [7, 11) is 0. The van der Waals surface area contributed by atoms with Gasteiger partial charge in [0, 0.05) is 38.7 Å². The number of Topliss-reactive ketones (excluding diaryl/α,β-unsaturated/α-hetero) is 1. The monoisotopic (exact) mass is 413 g/mol. The van der Waals surface area contributed by atoms with Crippen molar-refractivity contribution in [1.29, 1.82) is 0 Å². The molecule has 1 aliphatic heterocycles. The molecule has 2 nitrogen and oxygen atoms in total. The van der Waals surface area contributed by atoms with Crippen molar-refractivity contribution in [3.8, 4) is 0 Å². The summed E-state index contributed by atoms with van der Waals surface area (Å²) >= 11 is 5.22. The fourth-order valence-corrected chi connectivity index (χ4v) is 4.82. The third kappa shape index (κ3) is 3.25. The minimum Gasteiger partial charge on any atom is -0.358 e. The Morgan fingerprint density at radius 2 is 1.92 bits per heavy atom. The van der Waals surface area contributed by atoms with Crippen LogP contribution in [-0.4, -0.2) is 5.78 Å². The van der Waals surface area contributed by atoms with Crippen LogP contribution in [0.5, 0.6) is 0 Å². The van der Waals surface area contributed by atoms with E-state index in [-0.39, 0.29) is 17.1 Å². The molecule has 1 aromatic carbocycles. The Morgan fingerprint density at radius 1 is 1.16 bits per heavy atom.